The van der Waals surface area contributed by atoms with Gasteiger partial charge in [-0.05, 0) is 35.6 Å². The Morgan fingerprint density at radius 3 is 2.41 bits per heavy atom. The molecular weight excluding hydrogens is 274 g/mol. The summed E-state index contributed by atoms with van der Waals surface area (Å²) in [5.41, 5.74) is 2.48. The van der Waals surface area contributed by atoms with Crippen LogP contribution in [0.15, 0.2) is 54.6 Å². The fraction of sp³-hybridized carbons (Fsp3) is 0.316. The number of aryl methyl sites for hydroxylation is 1. The molecule has 0 heterocycles. The van der Waals surface area contributed by atoms with Crippen LogP contribution >= 0.6 is 0 Å². The first-order valence-corrected chi connectivity index (χ1v) is 7.72. The summed E-state index contributed by atoms with van der Waals surface area (Å²) in [5.74, 6) is 0.916. The van der Waals surface area contributed by atoms with Crippen LogP contribution in [0, 0.1) is 0 Å². The topological polar surface area (TPSA) is 38.3 Å². The van der Waals surface area contributed by atoms with Crippen molar-refractivity contribution in [2.24, 2.45) is 0 Å². The standard InChI is InChI=1S/C19H23NO2/c1-3-16-9-11-18(12-10-16)22-14-19(21)20-13-15(2)17-7-5-4-6-8-17/h4-12,15H,3,13-14H2,1-2H3,(H,20,21)/t15-/m0/s1. The summed E-state index contributed by atoms with van der Waals surface area (Å²) in [6.07, 6.45) is 0.998. The van der Waals surface area contributed by atoms with Gasteiger partial charge in [-0.3, -0.25) is 4.79 Å². The average molecular weight is 297 g/mol. The van der Waals surface area contributed by atoms with Crippen LogP contribution in [0.1, 0.15) is 30.9 Å². The van der Waals surface area contributed by atoms with E-state index in [2.05, 4.69) is 31.3 Å². The van der Waals surface area contributed by atoms with Gasteiger partial charge in [0.2, 0.25) is 0 Å². The van der Waals surface area contributed by atoms with Crippen LogP contribution in [-0.2, 0) is 11.2 Å². The van der Waals surface area contributed by atoms with E-state index in [1.807, 2.05) is 42.5 Å². The van der Waals surface area contributed by atoms with E-state index in [1.165, 1.54) is 11.1 Å². The van der Waals surface area contributed by atoms with Crippen molar-refractivity contribution in [3.05, 3.63) is 65.7 Å². The highest BCUT2D eigenvalue weighted by molar-refractivity contribution is 5.77. The second-order valence-corrected chi connectivity index (χ2v) is 5.40. The Morgan fingerprint density at radius 2 is 1.77 bits per heavy atom. The van der Waals surface area contributed by atoms with Crippen molar-refractivity contribution in [2.75, 3.05) is 13.2 Å². The van der Waals surface area contributed by atoms with E-state index >= 15 is 0 Å². The van der Waals surface area contributed by atoms with Gasteiger partial charge >= 0.3 is 0 Å². The first-order valence-electron chi connectivity index (χ1n) is 7.72. The molecule has 116 valence electrons. The molecule has 0 fully saturated rings. The molecule has 0 aliphatic rings. The van der Waals surface area contributed by atoms with E-state index in [0.29, 0.717) is 6.54 Å². The van der Waals surface area contributed by atoms with Crippen LogP contribution in [0.25, 0.3) is 0 Å². The minimum Gasteiger partial charge on any atom is -0.484 e. The zero-order chi connectivity index (χ0) is 15.8. The number of hydrogen-bond donors (Lipinski definition) is 1. The molecular formula is C19H23NO2. The summed E-state index contributed by atoms with van der Waals surface area (Å²) in [5, 5.41) is 2.91. The van der Waals surface area contributed by atoms with Gasteiger partial charge in [-0.25, -0.2) is 0 Å². The Bertz CT molecular complexity index is 578. The molecule has 2 aromatic rings. The van der Waals surface area contributed by atoms with Gasteiger partial charge in [0, 0.05) is 6.54 Å². The van der Waals surface area contributed by atoms with Crippen molar-refractivity contribution in [1.82, 2.24) is 5.32 Å². The minimum absolute atomic E-state index is 0.0486. The summed E-state index contributed by atoms with van der Waals surface area (Å²) in [6.45, 7) is 4.87. The van der Waals surface area contributed by atoms with Crippen LogP contribution in [0.4, 0.5) is 0 Å². The molecule has 0 unspecified atom stereocenters. The lowest BCUT2D eigenvalue weighted by molar-refractivity contribution is -0.123. The van der Waals surface area contributed by atoms with E-state index in [1.54, 1.807) is 0 Å². The number of hydrogen-bond acceptors (Lipinski definition) is 2. The molecule has 0 bridgehead atoms. The van der Waals surface area contributed by atoms with Crippen LogP contribution in [0.3, 0.4) is 0 Å². The third-order valence-electron chi connectivity index (χ3n) is 3.68. The molecule has 2 aromatic carbocycles. The highest BCUT2D eigenvalue weighted by Gasteiger charge is 2.08. The van der Waals surface area contributed by atoms with Gasteiger partial charge in [-0.15, -0.1) is 0 Å². The van der Waals surface area contributed by atoms with E-state index in [0.717, 1.165) is 12.2 Å². The quantitative estimate of drug-likeness (QED) is 0.849. The van der Waals surface area contributed by atoms with Gasteiger partial charge in [0.15, 0.2) is 6.61 Å². The number of carbonyl (C=O) groups excluding carboxylic acids is 1. The van der Waals surface area contributed by atoms with Gasteiger partial charge in [0.25, 0.3) is 5.91 Å². The Labute approximate surface area is 132 Å². The van der Waals surface area contributed by atoms with Gasteiger partial charge in [-0.1, -0.05) is 56.3 Å². The highest BCUT2D eigenvalue weighted by Crippen LogP contribution is 2.14. The maximum absolute atomic E-state index is 11.8. The lowest BCUT2D eigenvalue weighted by Gasteiger charge is -2.13. The molecule has 1 amide bonds. The molecule has 3 nitrogen and oxygen atoms in total. The van der Waals surface area contributed by atoms with E-state index in [9.17, 15) is 4.79 Å². The summed E-state index contributed by atoms with van der Waals surface area (Å²) < 4.78 is 5.49. The number of nitrogens with one attached hydrogen (secondary N) is 1. The third kappa shape index (κ3) is 4.92. The number of ether oxygens (including phenoxy) is 1. The zero-order valence-electron chi connectivity index (χ0n) is 13.2. The molecule has 1 N–H and O–H groups in total. The molecule has 22 heavy (non-hydrogen) atoms. The van der Waals surface area contributed by atoms with Gasteiger partial charge < -0.3 is 10.1 Å². The molecule has 0 aliphatic carbocycles. The molecule has 0 spiro atoms. The fourth-order valence-electron chi connectivity index (χ4n) is 2.19. The average Bonchev–Trinajstić information content (AvgIpc) is 2.59. The van der Waals surface area contributed by atoms with Crippen molar-refractivity contribution in [2.45, 2.75) is 26.2 Å². The summed E-state index contributed by atoms with van der Waals surface area (Å²) >= 11 is 0. The SMILES string of the molecule is CCc1ccc(OCC(=O)NC[C@H](C)c2ccccc2)cc1. The summed E-state index contributed by atoms with van der Waals surface area (Å²) in [7, 11) is 0. The second-order valence-electron chi connectivity index (χ2n) is 5.40. The molecule has 0 saturated carbocycles. The van der Waals surface area contributed by atoms with Crippen LogP contribution in [-0.4, -0.2) is 19.1 Å². The van der Waals surface area contributed by atoms with Crippen LogP contribution in [0.5, 0.6) is 5.75 Å². The molecule has 0 aromatic heterocycles. The molecule has 0 aliphatic heterocycles. The minimum atomic E-state index is -0.0950. The van der Waals surface area contributed by atoms with E-state index < -0.39 is 0 Å². The van der Waals surface area contributed by atoms with E-state index in [-0.39, 0.29) is 18.4 Å². The first-order chi connectivity index (χ1) is 10.7. The molecule has 2 rings (SSSR count). The number of carbonyl (C=O) groups is 1. The van der Waals surface area contributed by atoms with Crippen molar-refractivity contribution in [3.8, 4) is 5.75 Å². The van der Waals surface area contributed by atoms with Crippen LogP contribution in [0.2, 0.25) is 0 Å². The Balaban J connectivity index is 1.73. The van der Waals surface area contributed by atoms with Gasteiger partial charge in [-0.2, -0.15) is 0 Å². The predicted molar refractivity (Wildman–Crippen MR) is 89.2 cm³/mol. The van der Waals surface area contributed by atoms with Crippen molar-refractivity contribution in [1.29, 1.82) is 0 Å². The lowest BCUT2D eigenvalue weighted by atomic mass is 10.0. The molecule has 3 heteroatoms. The first kappa shape index (κ1) is 16.1. The van der Waals surface area contributed by atoms with Crippen molar-refractivity contribution >= 4 is 5.91 Å². The highest BCUT2D eigenvalue weighted by atomic mass is 16.5. The van der Waals surface area contributed by atoms with Crippen molar-refractivity contribution < 1.29 is 9.53 Å². The Morgan fingerprint density at radius 1 is 1.09 bits per heavy atom. The maximum atomic E-state index is 11.8. The summed E-state index contributed by atoms with van der Waals surface area (Å²) in [4.78, 5) is 11.8. The molecule has 1 atom stereocenters. The number of benzene rings is 2. The molecule has 0 saturated heterocycles. The second kappa shape index (κ2) is 8.23. The predicted octanol–water partition coefficient (Wildman–Crippen LogP) is 3.55. The monoisotopic (exact) mass is 297 g/mol. The van der Waals surface area contributed by atoms with Crippen LogP contribution < -0.4 is 10.1 Å². The lowest BCUT2D eigenvalue weighted by Crippen LogP contribution is -2.31. The zero-order valence-corrected chi connectivity index (χ0v) is 13.2. The maximum Gasteiger partial charge on any atom is 0.257 e. The molecule has 0 radical (unpaired) electrons. The number of rotatable bonds is 7. The number of amides is 1. The van der Waals surface area contributed by atoms with Gasteiger partial charge in [0.1, 0.15) is 5.75 Å². The third-order valence-corrected chi connectivity index (χ3v) is 3.68. The fourth-order valence-corrected chi connectivity index (χ4v) is 2.19. The Hall–Kier alpha value is -2.29. The normalized spacial score (nSPS) is 11.7. The van der Waals surface area contributed by atoms with Crippen molar-refractivity contribution in [3.63, 3.8) is 0 Å². The largest absolute Gasteiger partial charge is 0.484 e. The van der Waals surface area contributed by atoms with Gasteiger partial charge in [0.05, 0.1) is 0 Å². The summed E-state index contributed by atoms with van der Waals surface area (Å²) in [6, 6.07) is 18.0. The smallest absolute Gasteiger partial charge is 0.257 e. The Kier molecular flexibility index (Phi) is 6.01. The van der Waals surface area contributed by atoms with E-state index in [4.69, 9.17) is 4.74 Å².